The van der Waals surface area contributed by atoms with Crippen LogP contribution in [-0.2, 0) is 23.9 Å². The van der Waals surface area contributed by atoms with E-state index in [0.29, 0.717) is 6.61 Å². The molecule has 6 nitrogen and oxygen atoms in total. The summed E-state index contributed by atoms with van der Waals surface area (Å²) in [7, 11) is 0. The number of carbonyl (C=O) groups excluding carboxylic acids is 3. The van der Waals surface area contributed by atoms with Gasteiger partial charge in [-0.1, -0.05) is 40.7 Å². The number of carbonyl (C=O) groups is 3. The summed E-state index contributed by atoms with van der Waals surface area (Å²) in [6.07, 6.45) is 4.21. The third kappa shape index (κ3) is 3.35. The van der Waals surface area contributed by atoms with Crippen molar-refractivity contribution in [3.63, 3.8) is 0 Å². The van der Waals surface area contributed by atoms with Gasteiger partial charge in [0.05, 0.1) is 6.61 Å². The molecule has 0 aromatic heterocycles. The van der Waals surface area contributed by atoms with Crippen molar-refractivity contribution >= 4 is 17.8 Å². The third-order valence-corrected chi connectivity index (χ3v) is 7.29. The molecule has 1 aliphatic heterocycles. The standard InChI is InChI=1S/C22H33NO5/c1-12(2)18(23-13(3)24)20(26)28-17-9-10-21(4,5)16-8-7-14-15(22(16,17)6)11-27-19(14)25/h7,12,15-18H,8-11H2,1-6H3,(H,23,24). The van der Waals surface area contributed by atoms with Crippen molar-refractivity contribution in [2.45, 2.75) is 73.0 Å². The molecule has 1 amide bonds. The molecule has 1 heterocycles. The Morgan fingerprint density at radius 3 is 2.57 bits per heavy atom. The maximum atomic E-state index is 13.0. The number of esters is 2. The number of ether oxygens (including phenoxy) is 2. The minimum Gasteiger partial charge on any atom is -0.462 e. The molecule has 3 aliphatic rings. The van der Waals surface area contributed by atoms with Crippen LogP contribution >= 0.6 is 0 Å². The zero-order valence-electron chi connectivity index (χ0n) is 17.8. The van der Waals surface area contributed by atoms with Gasteiger partial charge >= 0.3 is 11.9 Å². The highest BCUT2D eigenvalue weighted by Crippen LogP contribution is 2.61. The van der Waals surface area contributed by atoms with E-state index in [1.807, 2.05) is 19.9 Å². The summed E-state index contributed by atoms with van der Waals surface area (Å²) < 4.78 is 11.4. The molecule has 1 N–H and O–H groups in total. The Bertz CT molecular complexity index is 710. The molecule has 2 aliphatic carbocycles. The van der Waals surface area contributed by atoms with Crippen molar-refractivity contribution in [2.75, 3.05) is 6.61 Å². The lowest BCUT2D eigenvalue weighted by atomic mass is 9.48. The van der Waals surface area contributed by atoms with Gasteiger partial charge in [-0.25, -0.2) is 9.59 Å². The minimum atomic E-state index is -0.672. The van der Waals surface area contributed by atoms with E-state index in [1.54, 1.807) is 0 Å². The van der Waals surface area contributed by atoms with Crippen LogP contribution in [0.25, 0.3) is 0 Å². The van der Waals surface area contributed by atoms with Crippen LogP contribution in [-0.4, -0.2) is 36.6 Å². The number of hydrogen-bond donors (Lipinski definition) is 1. The van der Waals surface area contributed by atoms with E-state index < -0.39 is 12.0 Å². The van der Waals surface area contributed by atoms with E-state index >= 15 is 0 Å². The molecule has 156 valence electrons. The van der Waals surface area contributed by atoms with Crippen LogP contribution in [0.1, 0.15) is 60.8 Å². The predicted molar refractivity (Wildman–Crippen MR) is 104 cm³/mol. The molecule has 3 rings (SSSR count). The van der Waals surface area contributed by atoms with Crippen molar-refractivity contribution in [2.24, 2.45) is 28.6 Å². The zero-order chi connectivity index (χ0) is 20.9. The van der Waals surface area contributed by atoms with Gasteiger partial charge in [0.2, 0.25) is 5.91 Å². The molecule has 1 saturated heterocycles. The molecular weight excluding hydrogens is 358 g/mol. The Labute approximate surface area is 167 Å². The average molecular weight is 392 g/mol. The fourth-order valence-electron chi connectivity index (χ4n) is 5.67. The molecule has 0 radical (unpaired) electrons. The van der Waals surface area contributed by atoms with E-state index in [-0.39, 0.29) is 46.6 Å². The summed E-state index contributed by atoms with van der Waals surface area (Å²) in [5.41, 5.74) is 0.450. The largest absolute Gasteiger partial charge is 0.462 e. The Kier molecular flexibility index (Phi) is 5.36. The lowest BCUT2D eigenvalue weighted by Gasteiger charge is -2.58. The molecule has 6 heteroatoms. The fraction of sp³-hybridized carbons (Fsp3) is 0.773. The number of amides is 1. The van der Waals surface area contributed by atoms with Crippen LogP contribution in [0, 0.1) is 28.6 Å². The summed E-state index contributed by atoms with van der Waals surface area (Å²) in [6.45, 7) is 12.2. The zero-order valence-corrected chi connectivity index (χ0v) is 17.8. The summed E-state index contributed by atoms with van der Waals surface area (Å²) in [4.78, 5) is 36.7. The smallest absolute Gasteiger partial charge is 0.334 e. The van der Waals surface area contributed by atoms with Gasteiger partial charge in [0.15, 0.2) is 0 Å². The van der Waals surface area contributed by atoms with Gasteiger partial charge in [-0.05, 0) is 36.5 Å². The molecule has 0 bridgehead atoms. The molecule has 0 spiro atoms. The molecular formula is C22H33NO5. The second kappa shape index (κ2) is 7.20. The van der Waals surface area contributed by atoms with Gasteiger partial charge < -0.3 is 14.8 Å². The molecule has 1 saturated carbocycles. The highest BCUT2D eigenvalue weighted by atomic mass is 16.6. The van der Waals surface area contributed by atoms with Crippen molar-refractivity contribution in [3.8, 4) is 0 Å². The molecule has 0 aromatic rings. The number of nitrogens with one attached hydrogen (secondary N) is 1. The molecule has 2 fully saturated rings. The summed E-state index contributed by atoms with van der Waals surface area (Å²) >= 11 is 0. The lowest BCUT2D eigenvalue weighted by molar-refractivity contribution is -0.183. The van der Waals surface area contributed by atoms with Crippen molar-refractivity contribution in [3.05, 3.63) is 11.6 Å². The molecule has 0 aromatic carbocycles. The van der Waals surface area contributed by atoms with Crippen LogP contribution < -0.4 is 5.32 Å². The maximum absolute atomic E-state index is 13.0. The predicted octanol–water partition coefficient (Wildman–Crippen LogP) is 3.00. The Hall–Kier alpha value is -1.85. The van der Waals surface area contributed by atoms with E-state index in [9.17, 15) is 14.4 Å². The summed E-state index contributed by atoms with van der Waals surface area (Å²) in [5, 5.41) is 2.72. The first-order valence-corrected chi connectivity index (χ1v) is 10.3. The van der Waals surface area contributed by atoms with Crippen LogP contribution in [0.2, 0.25) is 0 Å². The van der Waals surface area contributed by atoms with Crippen molar-refractivity contribution < 1.29 is 23.9 Å². The highest BCUT2D eigenvalue weighted by molar-refractivity contribution is 5.91. The van der Waals surface area contributed by atoms with E-state index in [2.05, 4.69) is 26.1 Å². The monoisotopic (exact) mass is 391 g/mol. The van der Waals surface area contributed by atoms with Gasteiger partial charge in [-0.15, -0.1) is 0 Å². The van der Waals surface area contributed by atoms with Gasteiger partial charge in [0, 0.05) is 23.8 Å². The Morgan fingerprint density at radius 1 is 1.29 bits per heavy atom. The van der Waals surface area contributed by atoms with Crippen LogP contribution in [0.3, 0.4) is 0 Å². The fourth-order valence-corrected chi connectivity index (χ4v) is 5.67. The third-order valence-electron chi connectivity index (χ3n) is 7.29. The maximum Gasteiger partial charge on any atom is 0.334 e. The van der Waals surface area contributed by atoms with Crippen LogP contribution in [0.4, 0.5) is 0 Å². The molecule has 5 atom stereocenters. The highest BCUT2D eigenvalue weighted by Gasteiger charge is 2.61. The van der Waals surface area contributed by atoms with E-state index in [4.69, 9.17) is 9.47 Å². The molecule has 5 unspecified atom stereocenters. The minimum absolute atomic E-state index is 0.0607. The second-order valence-corrected chi connectivity index (χ2v) is 9.84. The SMILES string of the molecule is CC(=O)NC(C(=O)OC1CCC(C)(C)C2CC=C3C(=O)OCC3C12C)C(C)C. The molecule has 28 heavy (non-hydrogen) atoms. The Morgan fingerprint density at radius 2 is 1.96 bits per heavy atom. The number of cyclic esters (lactones) is 1. The lowest BCUT2D eigenvalue weighted by Crippen LogP contribution is -2.58. The summed E-state index contributed by atoms with van der Waals surface area (Å²) in [6, 6.07) is -0.672. The van der Waals surface area contributed by atoms with Gasteiger partial charge in [0.1, 0.15) is 12.1 Å². The topological polar surface area (TPSA) is 81.7 Å². The average Bonchev–Trinajstić information content (AvgIpc) is 2.97. The van der Waals surface area contributed by atoms with Gasteiger partial charge in [-0.3, -0.25) is 4.79 Å². The quantitative estimate of drug-likeness (QED) is 0.745. The van der Waals surface area contributed by atoms with E-state index in [1.165, 1.54) is 6.92 Å². The number of fused-ring (bicyclic) bond motifs is 3. The van der Waals surface area contributed by atoms with Crippen LogP contribution in [0.5, 0.6) is 0 Å². The van der Waals surface area contributed by atoms with Crippen molar-refractivity contribution in [1.29, 1.82) is 0 Å². The van der Waals surface area contributed by atoms with Gasteiger partial charge in [-0.2, -0.15) is 0 Å². The normalized spacial score (nSPS) is 34.6. The van der Waals surface area contributed by atoms with Gasteiger partial charge in [0.25, 0.3) is 0 Å². The van der Waals surface area contributed by atoms with E-state index in [0.717, 1.165) is 24.8 Å². The van der Waals surface area contributed by atoms with Crippen molar-refractivity contribution in [1.82, 2.24) is 5.32 Å². The number of hydrogen-bond acceptors (Lipinski definition) is 5. The first kappa shape index (κ1) is 20.9. The number of rotatable bonds is 4. The summed E-state index contributed by atoms with van der Waals surface area (Å²) in [5.74, 6) is -0.726. The first-order valence-electron chi connectivity index (χ1n) is 10.3. The Balaban J connectivity index is 1.91. The second-order valence-electron chi connectivity index (χ2n) is 9.84. The number of allylic oxidation sites excluding steroid dienone is 1. The first-order chi connectivity index (χ1) is 13.0. The van der Waals surface area contributed by atoms with Crippen LogP contribution in [0.15, 0.2) is 11.6 Å².